The summed E-state index contributed by atoms with van der Waals surface area (Å²) in [5, 5.41) is 34.1. The van der Waals surface area contributed by atoms with Crippen LogP contribution in [-0.4, -0.2) is 125 Å². The van der Waals surface area contributed by atoms with Crippen molar-refractivity contribution in [2.24, 2.45) is 11.8 Å². The van der Waals surface area contributed by atoms with E-state index in [1.54, 1.807) is 72.9 Å². The standard InChI is InChI=1S/C28H22ClF3N6O3.C22H20ClF3N4O3.C7H5ClO.C6H3BrN2.C6H8O3.C5H5F2N.C5H5FN2/c29-21-4-2-1-3-20(21)25(26(40)36-18-11-28(31,32)12-18)37(19-10-17(30)14-34-15-19)27(41)22-5-6-24(39)38(22)23-9-16(13-33)7-8-35-23;23-16-4-2-1-3-15(16)19(20(32)28-13-8-22(25,26)9-13)30(14-7-12(24)10-27-11-14)21(33)17-5-6-18(31)29-17;8-7-4-2-1-3-6(7)5-9;1-8-5-2-3-9-6(7)4-5;7-5-2-1-4(3-5)6(8)9;6-5(7)1-4(2-5)3-8;6-4-1-5(7)3-8-2-4/h1-4,7-10,14-15,18,22,25H,5-6,11-12H2,(H,36,40);1-4,7,10-11,13,17,19H,5-6,8-9H2,(H,28,32)(H,29,31);1-5H;2-4H;4H,1-3H2,(H,8,9);4H,1-2H2;1-3H,7H2/t22-,25?;17-,19?;;;4-;;/m00..1../s1. The number of halogens is 13. The second-order valence-electron chi connectivity index (χ2n) is 26.8. The van der Waals surface area contributed by atoms with Crippen molar-refractivity contribution in [1.82, 2.24) is 40.9 Å². The summed E-state index contributed by atoms with van der Waals surface area (Å²) in [4.78, 5) is 136. The Balaban J connectivity index is 0.000000195. The lowest BCUT2D eigenvalue weighted by molar-refractivity contribution is -0.142. The molecule has 6 amide bonds. The van der Waals surface area contributed by atoms with Gasteiger partial charge in [0.1, 0.15) is 53.2 Å². The van der Waals surface area contributed by atoms with E-state index >= 15 is 0 Å². The van der Waals surface area contributed by atoms with Crippen molar-refractivity contribution in [2.75, 3.05) is 20.4 Å². The van der Waals surface area contributed by atoms with E-state index in [4.69, 9.17) is 57.5 Å². The van der Waals surface area contributed by atoms with Crippen molar-refractivity contribution in [1.29, 1.82) is 10.5 Å². The number of Topliss-reactive ketones (excluding diaryl/α,β-unsaturated/α-hetero) is 1. The van der Waals surface area contributed by atoms with Crippen LogP contribution in [0.25, 0.3) is 4.85 Å². The average molecular weight is 1740 g/mol. The van der Waals surface area contributed by atoms with Gasteiger partial charge in [0.2, 0.25) is 23.6 Å². The highest BCUT2D eigenvalue weighted by Crippen LogP contribution is 2.44. The molecule has 6 fully saturated rings. The number of alkyl halides is 6. The number of hydrogen-bond donors (Lipinski definition) is 5. The Hall–Kier alpha value is -12.0. The third kappa shape index (κ3) is 26.0. The molecule has 38 heteroatoms. The number of anilines is 4. The summed E-state index contributed by atoms with van der Waals surface area (Å²) in [5.74, 6) is -15.6. The van der Waals surface area contributed by atoms with Crippen molar-refractivity contribution >= 4 is 133 Å². The van der Waals surface area contributed by atoms with Gasteiger partial charge in [-0.25, -0.2) is 49.3 Å². The number of pyridine rings is 5. The van der Waals surface area contributed by atoms with E-state index in [9.17, 15) is 87.9 Å². The lowest BCUT2D eigenvalue weighted by Crippen LogP contribution is -2.56. The zero-order valence-electron chi connectivity index (χ0n) is 61.0. The monoisotopic (exact) mass is 1740 g/mol. The van der Waals surface area contributed by atoms with Gasteiger partial charge in [-0.1, -0.05) is 89.4 Å². The third-order valence-electron chi connectivity index (χ3n) is 18.1. The number of rotatable bonds is 15. The minimum atomic E-state index is -2.92. The van der Waals surface area contributed by atoms with Crippen molar-refractivity contribution in [3.8, 4) is 12.1 Å². The van der Waals surface area contributed by atoms with Crippen LogP contribution in [0.2, 0.25) is 15.1 Å². The van der Waals surface area contributed by atoms with E-state index in [1.807, 2.05) is 6.07 Å². The van der Waals surface area contributed by atoms with Crippen LogP contribution in [0.15, 0.2) is 169 Å². The number of carboxylic acid groups (broad SMARTS) is 1. The lowest BCUT2D eigenvalue weighted by atomic mass is 9.83. The SMILES string of the molecule is N#CC1CC(F)(F)C1.N#Cc1ccnc(N2C(=O)CC[C@H]2C(=O)N(c2cncc(F)c2)C(C(=O)NC2CC(F)(F)C2)c2ccccc2Cl)c1.Nc1cncc(F)c1.O=C1CC[C@@H](C(=O)N(c2cncc(F)c2)C(C(=O)NC2CC(F)(F)C2)c2ccccc2Cl)N1.O=C1CC[C@@H](C(=O)O)C1.O=Cc1ccccc1Cl.[C-]#[N+]c1ccnc(Br)c1. The molecule has 610 valence electrons. The highest BCUT2D eigenvalue weighted by molar-refractivity contribution is 9.10. The van der Waals surface area contributed by atoms with Crippen molar-refractivity contribution in [3.63, 3.8) is 0 Å². The molecule has 2 aliphatic heterocycles. The third-order valence-corrected chi connectivity index (χ3v) is 19.5. The topological polar surface area (TPSA) is 362 Å². The number of aromatic nitrogens is 5. The van der Waals surface area contributed by atoms with Crippen LogP contribution >= 0.6 is 50.7 Å². The smallest absolute Gasteiger partial charge is 0.306 e. The molecule has 5 aromatic heterocycles. The molecule has 2 unspecified atom stereocenters. The van der Waals surface area contributed by atoms with Crippen molar-refractivity contribution < 1.29 is 87.8 Å². The Labute approximate surface area is 685 Å². The number of benzene rings is 3. The van der Waals surface area contributed by atoms with Crippen molar-refractivity contribution in [2.45, 2.75) is 137 Å². The zero-order chi connectivity index (χ0) is 85.5. The molecule has 117 heavy (non-hydrogen) atoms. The van der Waals surface area contributed by atoms with Gasteiger partial charge in [0.25, 0.3) is 29.6 Å². The zero-order valence-corrected chi connectivity index (χ0v) is 64.9. The first-order valence-electron chi connectivity index (χ1n) is 35.3. The Bertz CT molecular complexity index is 5070. The Morgan fingerprint density at radius 2 is 1.15 bits per heavy atom. The number of nitrogens with one attached hydrogen (secondary N) is 3. The van der Waals surface area contributed by atoms with Gasteiger partial charge in [0.15, 0.2) is 12.0 Å². The fourth-order valence-electron chi connectivity index (χ4n) is 12.3. The second kappa shape index (κ2) is 41.5. The van der Waals surface area contributed by atoms with Crippen LogP contribution < -0.4 is 36.4 Å². The summed E-state index contributed by atoms with van der Waals surface area (Å²) in [6.07, 6.45) is 9.24. The number of aldehydes is 1. The minimum Gasteiger partial charge on any atom is -0.481 e. The number of nitriles is 2. The summed E-state index contributed by atoms with van der Waals surface area (Å²) in [6.45, 7) is 6.62. The number of carboxylic acids is 1. The molecule has 5 atom stereocenters. The second-order valence-corrected chi connectivity index (χ2v) is 28.9. The van der Waals surface area contributed by atoms with Crippen LogP contribution in [0.1, 0.15) is 123 Å². The summed E-state index contributed by atoms with van der Waals surface area (Å²) in [5.41, 5.74) is 7.06. The van der Waals surface area contributed by atoms with Gasteiger partial charge < -0.3 is 26.8 Å². The Kier molecular flexibility index (Phi) is 32.2. The molecular formula is C79H68BrCl3F9N15O10. The number of hydrogen-bond acceptors (Lipinski definition) is 17. The van der Waals surface area contributed by atoms with E-state index in [-0.39, 0.29) is 106 Å². The van der Waals surface area contributed by atoms with Crippen LogP contribution in [-0.2, 0) is 38.4 Å². The molecular weight excluding hydrogens is 1680 g/mol. The fraction of sp³-hybridized carbons (Fsp3) is 0.304. The lowest BCUT2D eigenvalue weighted by Gasteiger charge is -2.39. The van der Waals surface area contributed by atoms with Crippen molar-refractivity contribution in [3.05, 3.63) is 236 Å². The maximum Gasteiger partial charge on any atom is 0.306 e. The number of carbonyl (C=O) groups is 9. The number of aliphatic carboxylic acids is 1. The first-order chi connectivity index (χ1) is 55.5. The molecule has 6 N–H and O–H groups in total. The molecule has 0 bridgehead atoms. The molecule has 0 radical (unpaired) electrons. The van der Waals surface area contributed by atoms with E-state index in [2.05, 4.69) is 61.6 Å². The summed E-state index contributed by atoms with van der Waals surface area (Å²) in [6, 6.07) is 25.7. The quantitative estimate of drug-likeness (QED) is 0.0275. The van der Waals surface area contributed by atoms with E-state index < -0.39 is 139 Å². The van der Waals surface area contributed by atoms with E-state index in [0.717, 1.165) is 51.7 Å². The largest absolute Gasteiger partial charge is 0.481 e. The normalized spacial score (nSPS) is 18.2. The molecule has 4 saturated carbocycles. The maximum atomic E-state index is 14.4. The number of amides is 6. The van der Waals surface area contributed by atoms with Gasteiger partial charge in [-0.05, 0) is 83.7 Å². The van der Waals surface area contributed by atoms with Crippen LogP contribution in [0.4, 0.5) is 68.1 Å². The van der Waals surface area contributed by atoms with E-state index in [0.29, 0.717) is 39.4 Å². The summed E-state index contributed by atoms with van der Waals surface area (Å²) < 4.78 is 119. The molecule has 14 rings (SSSR count). The molecule has 25 nitrogen and oxygen atoms in total. The fourth-order valence-corrected chi connectivity index (χ4v) is 13.3. The predicted molar refractivity (Wildman–Crippen MR) is 412 cm³/mol. The minimum absolute atomic E-state index is 0.0288. The Morgan fingerprint density at radius 1 is 0.650 bits per heavy atom. The molecule has 2 saturated heterocycles. The number of carbonyl (C=O) groups excluding carboxylic acids is 8. The van der Waals surface area contributed by atoms with Crippen LogP contribution in [0, 0.1) is 58.5 Å². The molecule has 3 aromatic carbocycles. The van der Waals surface area contributed by atoms with Crippen LogP contribution in [0.3, 0.4) is 0 Å². The summed E-state index contributed by atoms with van der Waals surface area (Å²) >= 11 is 21.6. The van der Waals surface area contributed by atoms with Gasteiger partial charge in [0.05, 0.1) is 93.8 Å². The van der Waals surface area contributed by atoms with Gasteiger partial charge in [-0.2, -0.15) is 10.5 Å². The van der Waals surface area contributed by atoms with Gasteiger partial charge >= 0.3 is 5.97 Å². The van der Waals surface area contributed by atoms with Gasteiger partial charge in [0, 0.05) is 134 Å². The number of nitrogens with two attached hydrogens (primary N) is 1. The van der Waals surface area contributed by atoms with Crippen LogP contribution in [0.5, 0.6) is 0 Å². The first kappa shape index (κ1) is 90.6. The van der Waals surface area contributed by atoms with Gasteiger partial charge in [-0.3, -0.25) is 77.8 Å². The molecule has 7 heterocycles. The first-order valence-corrected chi connectivity index (χ1v) is 37.2. The predicted octanol–water partition coefficient (Wildman–Crippen LogP) is 14.8. The number of nitrogens with zero attached hydrogens (tertiary/aromatic N) is 11. The van der Waals surface area contributed by atoms with E-state index in [1.165, 1.54) is 67.3 Å². The maximum absolute atomic E-state index is 14.4. The number of nitrogen functional groups attached to an aromatic ring is 1. The highest BCUT2D eigenvalue weighted by atomic mass is 79.9. The molecule has 0 spiro atoms. The molecule has 8 aromatic rings. The average Bonchev–Trinajstić information content (AvgIpc) is 1.67. The molecule has 4 aliphatic carbocycles. The Morgan fingerprint density at radius 3 is 1.54 bits per heavy atom. The number of ketones is 1. The summed E-state index contributed by atoms with van der Waals surface area (Å²) in [7, 11) is 0. The van der Waals surface area contributed by atoms with Gasteiger partial charge in [-0.15, -0.1) is 0 Å². The molecule has 6 aliphatic rings. The highest BCUT2D eigenvalue weighted by Gasteiger charge is 2.51.